The van der Waals surface area contributed by atoms with E-state index in [1.807, 2.05) is 0 Å². The van der Waals surface area contributed by atoms with E-state index >= 15 is 0 Å². The SMILES string of the molecule is CCOC(=O)CS(=O)(=O)CCCF. The van der Waals surface area contributed by atoms with Crippen LogP contribution in [-0.2, 0) is 19.4 Å². The lowest BCUT2D eigenvalue weighted by Crippen LogP contribution is -2.21. The van der Waals surface area contributed by atoms with E-state index in [-0.39, 0.29) is 18.8 Å². The second kappa shape index (κ2) is 5.90. The van der Waals surface area contributed by atoms with Gasteiger partial charge in [-0.05, 0) is 13.3 Å². The van der Waals surface area contributed by atoms with Crippen molar-refractivity contribution in [2.75, 3.05) is 24.8 Å². The minimum absolute atomic E-state index is 0.0677. The van der Waals surface area contributed by atoms with Gasteiger partial charge in [0, 0.05) is 0 Å². The summed E-state index contributed by atoms with van der Waals surface area (Å²) in [5.41, 5.74) is 0. The molecule has 0 spiro atoms. The summed E-state index contributed by atoms with van der Waals surface area (Å²) in [6.07, 6.45) is -0.0677. The van der Waals surface area contributed by atoms with Gasteiger partial charge in [0.05, 0.1) is 19.0 Å². The first kappa shape index (κ1) is 12.3. The maximum Gasteiger partial charge on any atom is 0.321 e. The van der Waals surface area contributed by atoms with Crippen LogP contribution >= 0.6 is 0 Å². The first-order valence-electron chi connectivity index (χ1n) is 3.94. The Balaban J connectivity index is 3.95. The van der Waals surface area contributed by atoms with Crippen LogP contribution in [0, 0.1) is 0 Å². The van der Waals surface area contributed by atoms with Crippen LogP contribution in [0.25, 0.3) is 0 Å². The van der Waals surface area contributed by atoms with Gasteiger partial charge in [-0.1, -0.05) is 0 Å². The van der Waals surface area contributed by atoms with E-state index in [1.54, 1.807) is 6.92 Å². The molecule has 0 bridgehead atoms. The average Bonchev–Trinajstić information content (AvgIpc) is 2.00. The zero-order chi connectivity index (χ0) is 10.3. The predicted molar refractivity (Wildman–Crippen MR) is 45.9 cm³/mol. The van der Waals surface area contributed by atoms with E-state index in [0.29, 0.717) is 0 Å². The standard InChI is InChI=1S/C7H13FO4S/c1-2-12-7(9)6-13(10,11)5-3-4-8/h2-6H2,1H3. The largest absolute Gasteiger partial charge is 0.465 e. The fraction of sp³-hybridized carbons (Fsp3) is 0.857. The Morgan fingerprint density at radius 2 is 2.08 bits per heavy atom. The number of carbonyl (C=O) groups is 1. The molecule has 0 saturated carbocycles. The lowest BCUT2D eigenvalue weighted by molar-refractivity contribution is -0.139. The first-order valence-corrected chi connectivity index (χ1v) is 5.76. The third-order valence-electron chi connectivity index (χ3n) is 1.23. The molecule has 0 radical (unpaired) electrons. The quantitative estimate of drug-likeness (QED) is 0.595. The molecule has 78 valence electrons. The van der Waals surface area contributed by atoms with E-state index in [9.17, 15) is 17.6 Å². The zero-order valence-electron chi connectivity index (χ0n) is 7.45. The fourth-order valence-electron chi connectivity index (χ4n) is 0.729. The molecule has 0 heterocycles. The molecule has 0 N–H and O–H groups in total. The first-order chi connectivity index (χ1) is 6.02. The Labute approximate surface area is 77.0 Å². The van der Waals surface area contributed by atoms with Crippen molar-refractivity contribution < 1.29 is 22.3 Å². The van der Waals surface area contributed by atoms with E-state index in [2.05, 4.69) is 4.74 Å². The average molecular weight is 212 g/mol. The molecule has 0 aromatic carbocycles. The lowest BCUT2D eigenvalue weighted by atomic mass is 10.6. The molecule has 0 aliphatic heterocycles. The monoisotopic (exact) mass is 212 g/mol. The van der Waals surface area contributed by atoms with Gasteiger partial charge in [-0.3, -0.25) is 9.18 Å². The van der Waals surface area contributed by atoms with Gasteiger partial charge in [-0.2, -0.15) is 0 Å². The van der Waals surface area contributed by atoms with E-state index in [0.717, 1.165) is 0 Å². The Kier molecular flexibility index (Phi) is 5.61. The van der Waals surface area contributed by atoms with Gasteiger partial charge in [0.2, 0.25) is 0 Å². The maximum absolute atomic E-state index is 11.6. The molecule has 0 unspecified atom stereocenters. The van der Waals surface area contributed by atoms with Crippen LogP contribution in [0.15, 0.2) is 0 Å². The minimum Gasteiger partial charge on any atom is -0.465 e. The highest BCUT2D eigenvalue weighted by Gasteiger charge is 2.16. The molecule has 0 atom stereocenters. The maximum atomic E-state index is 11.6. The molecule has 0 saturated heterocycles. The Hall–Kier alpha value is -0.650. The van der Waals surface area contributed by atoms with Crippen LogP contribution in [0.5, 0.6) is 0 Å². The van der Waals surface area contributed by atoms with Crippen molar-refractivity contribution >= 4 is 15.8 Å². The van der Waals surface area contributed by atoms with Crippen LogP contribution in [0.4, 0.5) is 4.39 Å². The van der Waals surface area contributed by atoms with Crippen LogP contribution in [0.1, 0.15) is 13.3 Å². The third-order valence-corrected chi connectivity index (χ3v) is 2.82. The zero-order valence-corrected chi connectivity index (χ0v) is 8.27. The predicted octanol–water partition coefficient (Wildman–Crippen LogP) is 0.324. The van der Waals surface area contributed by atoms with Crippen molar-refractivity contribution in [2.24, 2.45) is 0 Å². The smallest absolute Gasteiger partial charge is 0.321 e. The molecule has 0 aromatic heterocycles. The van der Waals surface area contributed by atoms with E-state index < -0.39 is 28.2 Å². The molecule has 4 nitrogen and oxygen atoms in total. The summed E-state index contributed by atoms with van der Waals surface area (Å²) in [7, 11) is -3.48. The molecule has 0 fully saturated rings. The highest BCUT2D eigenvalue weighted by molar-refractivity contribution is 7.92. The Morgan fingerprint density at radius 3 is 2.54 bits per heavy atom. The molecule has 0 aliphatic rings. The second-order valence-corrected chi connectivity index (χ2v) is 4.62. The molecule has 0 amide bonds. The molecule has 13 heavy (non-hydrogen) atoms. The highest BCUT2D eigenvalue weighted by Crippen LogP contribution is 1.96. The molecule has 0 aliphatic carbocycles. The fourth-order valence-corrected chi connectivity index (χ4v) is 1.86. The number of esters is 1. The number of carbonyl (C=O) groups excluding carboxylic acids is 1. The normalized spacial score (nSPS) is 11.2. The number of sulfone groups is 1. The summed E-state index contributed by atoms with van der Waals surface area (Å²) in [4.78, 5) is 10.7. The Bertz CT molecular complexity index is 247. The summed E-state index contributed by atoms with van der Waals surface area (Å²) in [5, 5.41) is 0. The van der Waals surface area contributed by atoms with Crippen LogP contribution < -0.4 is 0 Å². The van der Waals surface area contributed by atoms with Crippen LogP contribution in [-0.4, -0.2) is 39.2 Å². The second-order valence-electron chi connectivity index (χ2n) is 2.44. The van der Waals surface area contributed by atoms with Crippen molar-refractivity contribution in [3.05, 3.63) is 0 Å². The number of hydrogen-bond acceptors (Lipinski definition) is 4. The van der Waals surface area contributed by atoms with Gasteiger partial charge in [0.25, 0.3) is 0 Å². The van der Waals surface area contributed by atoms with Crippen LogP contribution in [0.3, 0.4) is 0 Å². The van der Waals surface area contributed by atoms with Crippen molar-refractivity contribution in [1.29, 1.82) is 0 Å². The highest BCUT2D eigenvalue weighted by atomic mass is 32.2. The Morgan fingerprint density at radius 1 is 1.46 bits per heavy atom. The van der Waals surface area contributed by atoms with Gasteiger partial charge in [0.15, 0.2) is 9.84 Å². The molecule has 0 rings (SSSR count). The number of rotatable bonds is 6. The molecular weight excluding hydrogens is 199 g/mol. The topological polar surface area (TPSA) is 60.4 Å². The number of halogens is 1. The summed E-state index contributed by atoms with van der Waals surface area (Å²) < 4.78 is 38.1. The van der Waals surface area contributed by atoms with Gasteiger partial charge in [-0.25, -0.2) is 8.42 Å². The van der Waals surface area contributed by atoms with Gasteiger partial charge >= 0.3 is 5.97 Å². The summed E-state index contributed by atoms with van der Waals surface area (Å²) in [6.45, 7) is 1.05. The third kappa shape index (κ3) is 6.51. The number of hydrogen-bond donors (Lipinski definition) is 0. The van der Waals surface area contributed by atoms with Crippen molar-refractivity contribution in [3.63, 3.8) is 0 Å². The number of alkyl halides is 1. The lowest BCUT2D eigenvalue weighted by Gasteiger charge is -2.02. The summed E-state index contributed by atoms with van der Waals surface area (Å²) in [6, 6.07) is 0. The van der Waals surface area contributed by atoms with Crippen molar-refractivity contribution in [3.8, 4) is 0 Å². The van der Waals surface area contributed by atoms with Gasteiger partial charge < -0.3 is 4.74 Å². The van der Waals surface area contributed by atoms with E-state index in [4.69, 9.17) is 0 Å². The van der Waals surface area contributed by atoms with Crippen molar-refractivity contribution in [1.82, 2.24) is 0 Å². The van der Waals surface area contributed by atoms with Crippen molar-refractivity contribution in [2.45, 2.75) is 13.3 Å². The summed E-state index contributed by atoms with van der Waals surface area (Å²) >= 11 is 0. The number of ether oxygens (including phenoxy) is 1. The van der Waals surface area contributed by atoms with Gasteiger partial charge in [0.1, 0.15) is 5.75 Å². The molecule has 0 aromatic rings. The molecular formula is C7H13FO4S. The summed E-state index contributed by atoms with van der Waals surface area (Å²) in [5.74, 6) is -1.73. The minimum atomic E-state index is -3.48. The van der Waals surface area contributed by atoms with Crippen LogP contribution in [0.2, 0.25) is 0 Å². The molecule has 6 heteroatoms. The van der Waals surface area contributed by atoms with E-state index in [1.165, 1.54) is 0 Å². The van der Waals surface area contributed by atoms with Gasteiger partial charge in [-0.15, -0.1) is 0 Å².